The van der Waals surface area contributed by atoms with E-state index in [-0.39, 0.29) is 45.5 Å². The second-order valence-electron chi connectivity index (χ2n) is 0.829. The normalized spacial score (nSPS) is 19.5. The molecule has 0 aliphatic rings. The zero-order chi connectivity index (χ0) is 9.00. The minimum atomic E-state index is -4.92. The van der Waals surface area contributed by atoms with Crippen LogP contribution >= 0.6 is 36.5 Å². The Morgan fingerprint density at radius 1 is 1.00 bits per heavy atom. The average molecular weight is 322 g/mol. The summed E-state index contributed by atoms with van der Waals surface area (Å²) in [6.45, 7) is 0. The number of hydrogen-bond acceptors (Lipinski definition) is 4. The molecule has 0 amide bonds. The minimum absolute atomic E-state index is 0. The standard InChI is InChI=1S/2ClFHO2P.Sr/c2*1-5(2,3)4;/h2*(H,3,4);/q;;+2/p-2. The van der Waals surface area contributed by atoms with Crippen LogP contribution in [0, 0.1) is 0 Å². The molecule has 4 nitrogen and oxygen atoms in total. The van der Waals surface area contributed by atoms with Crippen LogP contribution in [-0.4, -0.2) is 45.5 Å². The summed E-state index contributed by atoms with van der Waals surface area (Å²) in [4.78, 5) is 17.5. The summed E-state index contributed by atoms with van der Waals surface area (Å²) in [5.74, 6) is 0. The molecule has 0 bridgehead atoms. The van der Waals surface area contributed by atoms with E-state index >= 15 is 0 Å². The van der Waals surface area contributed by atoms with Crippen molar-refractivity contribution in [2.45, 2.75) is 0 Å². The smallest absolute Gasteiger partial charge is 0.763 e. The van der Waals surface area contributed by atoms with Crippen molar-refractivity contribution in [3.8, 4) is 0 Å². The van der Waals surface area contributed by atoms with Crippen LogP contribution in [0.15, 0.2) is 0 Å². The molecule has 0 N–H and O–H groups in total. The minimum Gasteiger partial charge on any atom is -0.763 e. The molecule has 0 aromatic carbocycles. The molecule has 0 aromatic heterocycles. The van der Waals surface area contributed by atoms with Crippen LogP contribution in [0.2, 0.25) is 0 Å². The van der Waals surface area contributed by atoms with Crippen molar-refractivity contribution in [3.63, 3.8) is 0 Å². The Morgan fingerprint density at radius 2 is 1.00 bits per heavy atom. The van der Waals surface area contributed by atoms with Gasteiger partial charge in [0, 0.05) is 0 Å². The summed E-state index contributed by atoms with van der Waals surface area (Å²) < 4.78 is 38.4. The van der Waals surface area contributed by atoms with E-state index in [9.17, 15) is 8.39 Å². The molecule has 11 heavy (non-hydrogen) atoms. The van der Waals surface area contributed by atoms with Gasteiger partial charge in [-0.25, -0.2) is 0 Å². The van der Waals surface area contributed by atoms with Crippen LogP contribution in [0.4, 0.5) is 8.39 Å². The fraction of sp³-hybridized carbons (Fsp3) is 0. The van der Waals surface area contributed by atoms with E-state index in [1.165, 1.54) is 0 Å². The fourth-order valence-corrected chi connectivity index (χ4v) is 0. The van der Waals surface area contributed by atoms with Gasteiger partial charge in [-0.2, -0.15) is 8.39 Å². The Labute approximate surface area is 108 Å². The van der Waals surface area contributed by atoms with Crippen LogP contribution < -0.4 is 9.79 Å². The molecule has 0 spiro atoms. The molecule has 11 heteroatoms. The van der Waals surface area contributed by atoms with Crippen LogP contribution in [0.25, 0.3) is 0 Å². The average Bonchev–Trinajstić information content (AvgIpc) is 1.12. The van der Waals surface area contributed by atoms with Gasteiger partial charge in [0.15, 0.2) is 0 Å². The van der Waals surface area contributed by atoms with E-state index < -0.39 is 14.1 Å². The predicted octanol–water partition coefficient (Wildman–Crippen LogP) is 0.945. The van der Waals surface area contributed by atoms with E-state index in [1.807, 2.05) is 0 Å². The topological polar surface area (TPSA) is 80.3 Å². The molecule has 0 heterocycles. The summed E-state index contributed by atoms with van der Waals surface area (Å²) in [6.07, 6.45) is 0. The third-order valence-electron chi connectivity index (χ3n) is 0. The third-order valence-corrected chi connectivity index (χ3v) is 0. The van der Waals surface area contributed by atoms with Crippen molar-refractivity contribution < 1.29 is 27.3 Å². The number of halogens is 4. The van der Waals surface area contributed by atoms with Gasteiger partial charge in [-0.1, -0.05) is 0 Å². The van der Waals surface area contributed by atoms with Crippen molar-refractivity contribution in [3.05, 3.63) is 0 Å². The molecular formula is Cl2F2O4P2Sr. The molecule has 0 rings (SSSR count). The van der Waals surface area contributed by atoms with Crippen molar-refractivity contribution >= 4 is 82.0 Å². The van der Waals surface area contributed by atoms with E-state index in [0.717, 1.165) is 0 Å². The molecular weight excluding hydrogens is 322 g/mol. The fourth-order valence-electron chi connectivity index (χ4n) is 0. The Morgan fingerprint density at radius 3 is 1.00 bits per heavy atom. The molecule has 0 aromatic rings. The van der Waals surface area contributed by atoms with Gasteiger partial charge >= 0.3 is 45.5 Å². The van der Waals surface area contributed by atoms with Gasteiger partial charge in [-0.3, -0.25) is 9.13 Å². The summed E-state index contributed by atoms with van der Waals surface area (Å²) in [5.41, 5.74) is 0. The summed E-state index contributed by atoms with van der Waals surface area (Å²) >= 11 is 7.73. The molecule has 0 aliphatic carbocycles. The molecule has 0 aliphatic heterocycles. The Hall–Kier alpha value is 2.30. The first-order valence-electron chi connectivity index (χ1n) is 1.41. The third kappa shape index (κ3) is 247. The summed E-state index contributed by atoms with van der Waals surface area (Å²) in [7, 11) is -9.83. The van der Waals surface area contributed by atoms with Crippen LogP contribution in [0.1, 0.15) is 0 Å². The van der Waals surface area contributed by atoms with E-state index in [1.54, 1.807) is 0 Å². The van der Waals surface area contributed by atoms with Gasteiger partial charge in [-0.15, -0.1) is 0 Å². The molecule has 0 saturated carbocycles. The van der Waals surface area contributed by atoms with E-state index in [4.69, 9.17) is 18.9 Å². The van der Waals surface area contributed by atoms with Gasteiger partial charge < -0.3 is 9.79 Å². The van der Waals surface area contributed by atoms with Gasteiger partial charge in [0.05, 0.1) is 0 Å². The van der Waals surface area contributed by atoms with Crippen molar-refractivity contribution in [1.82, 2.24) is 0 Å². The van der Waals surface area contributed by atoms with Gasteiger partial charge in [0.1, 0.15) is 0 Å². The monoisotopic (exact) mass is 322 g/mol. The molecule has 0 saturated heterocycles. The second-order valence-corrected chi connectivity index (χ2v) is 4.91. The first kappa shape index (κ1) is 19.0. The summed E-state index contributed by atoms with van der Waals surface area (Å²) in [5, 5.41) is 0. The van der Waals surface area contributed by atoms with Crippen molar-refractivity contribution in [2.75, 3.05) is 0 Å². The summed E-state index contributed by atoms with van der Waals surface area (Å²) in [6, 6.07) is 0. The Bertz CT molecular complexity index is 136. The van der Waals surface area contributed by atoms with Crippen molar-refractivity contribution in [1.29, 1.82) is 0 Å². The molecule has 0 fully saturated rings. The van der Waals surface area contributed by atoms with Crippen LogP contribution in [0.5, 0.6) is 0 Å². The first-order chi connectivity index (χ1) is 4.00. The molecule has 2 unspecified atom stereocenters. The van der Waals surface area contributed by atoms with Gasteiger partial charge in [0.2, 0.25) is 0 Å². The van der Waals surface area contributed by atoms with E-state index in [0.29, 0.717) is 0 Å². The quantitative estimate of drug-likeness (QED) is 0.491. The maximum absolute atomic E-state index is 10.5. The first-order valence-corrected chi connectivity index (χ1v) is 6.25. The number of rotatable bonds is 0. The number of hydrogen-bond donors (Lipinski definition) is 0. The van der Waals surface area contributed by atoms with Crippen LogP contribution in [-0.2, 0) is 9.13 Å². The zero-order valence-corrected chi connectivity index (χ0v) is 11.5. The van der Waals surface area contributed by atoms with Gasteiger partial charge in [-0.05, 0) is 22.5 Å². The van der Waals surface area contributed by atoms with E-state index in [2.05, 4.69) is 22.5 Å². The maximum atomic E-state index is 10.5. The Balaban J connectivity index is -0.000000107. The van der Waals surface area contributed by atoms with Gasteiger partial charge in [0.25, 0.3) is 14.1 Å². The predicted molar refractivity (Wildman–Crippen MR) is 34.9 cm³/mol. The maximum Gasteiger partial charge on any atom is 2.00 e. The Kier molecular flexibility index (Phi) is 13.2. The largest absolute Gasteiger partial charge is 2.00 e. The van der Waals surface area contributed by atoms with Crippen molar-refractivity contribution in [2.24, 2.45) is 0 Å². The molecule has 2 atom stereocenters. The SMILES string of the molecule is O=P([O-])(F)Cl.O=P([O-])(F)Cl.[Sr+2]. The molecule has 64 valence electrons. The second kappa shape index (κ2) is 7.68. The molecule has 0 radical (unpaired) electrons. The van der Waals surface area contributed by atoms with Crippen LogP contribution in [0.3, 0.4) is 0 Å². The zero-order valence-electron chi connectivity index (χ0n) is 4.75.